The molecule has 8 heteroatoms. The van der Waals surface area contributed by atoms with Crippen LogP contribution in [0.3, 0.4) is 0 Å². The standard InChI is InChI=1S/C26H33N3O5/c1-17(2)12-14-34-23-10-9-20(15-24(23)33-4)26(32)28-27-25(31)16-22-21-8-6-5-7-19(21)11-13-29(22)18(3)30/h5-10,15,17,22H,11-14,16H2,1-4H3,(H,27,31)(H,28,32). The number of hydrogen-bond acceptors (Lipinski definition) is 5. The summed E-state index contributed by atoms with van der Waals surface area (Å²) in [5.74, 6) is 0.570. The highest BCUT2D eigenvalue weighted by molar-refractivity contribution is 5.96. The molecule has 0 saturated heterocycles. The largest absolute Gasteiger partial charge is 0.493 e. The lowest BCUT2D eigenvalue weighted by atomic mass is 9.90. The van der Waals surface area contributed by atoms with Gasteiger partial charge in [-0.15, -0.1) is 0 Å². The van der Waals surface area contributed by atoms with Crippen LogP contribution in [0.15, 0.2) is 42.5 Å². The molecule has 2 N–H and O–H groups in total. The summed E-state index contributed by atoms with van der Waals surface area (Å²) in [6.45, 7) is 6.85. The molecule has 1 aliphatic rings. The topological polar surface area (TPSA) is 97.0 Å². The molecule has 1 atom stereocenters. The van der Waals surface area contributed by atoms with E-state index in [4.69, 9.17) is 9.47 Å². The number of benzene rings is 2. The van der Waals surface area contributed by atoms with Gasteiger partial charge in [-0.1, -0.05) is 38.1 Å². The molecule has 3 amide bonds. The normalized spacial score (nSPS) is 14.9. The van der Waals surface area contributed by atoms with Crippen LogP contribution >= 0.6 is 0 Å². The molecule has 3 rings (SSSR count). The summed E-state index contributed by atoms with van der Waals surface area (Å²) >= 11 is 0. The Hall–Kier alpha value is -3.55. The van der Waals surface area contributed by atoms with Crippen LogP contribution in [0.5, 0.6) is 11.5 Å². The first kappa shape index (κ1) is 25.1. The maximum atomic E-state index is 12.7. The number of carbonyl (C=O) groups is 3. The van der Waals surface area contributed by atoms with Gasteiger partial charge >= 0.3 is 0 Å². The molecule has 1 aliphatic heterocycles. The molecule has 0 saturated carbocycles. The molecular weight excluding hydrogens is 434 g/mol. The molecule has 34 heavy (non-hydrogen) atoms. The monoisotopic (exact) mass is 467 g/mol. The third kappa shape index (κ3) is 6.27. The molecule has 0 radical (unpaired) electrons. The van der Waals surface area contributed by atoms with Crippen molar-refractivity contribution < 1.29 is 23.9 Å². The van der Waals surface area contributed by atoms with Crippen LogP contribution in [-0.4, -0.2) is 42.9 Å². The summed E-state index contributed by atoms with van der Waals surface area (Å²) in [5.41, 5.74) is 7.33. The van der Waals surface area contributed by atoms with Crippen LogP contribution in [0, 0.1) is 5.92 Å². The molecule has 0 fully saturated rings. The van der Waals surface area contributed by atoms with E-state index in [2.05, 4.69) is 24.7 Å². The maximum absolute atomic E-state index is 12.7. The molecule has 1 heterocycles. The highest BCUT2D eigenvalue weighted by Crippen LogP contribution is 2.32. The highest BCUT2D eigenvalue weighted by Gasteiger charge is 2.30. The number of carbonyl (C=O) groups excluding carboxylic acids is 3. The predicted molar refractivity (Wildman–Crippen MR) is 128 cm³/mol. The minimum Gasteiger partial charge on any atom is -0.493 e. The van der Waals surface area contributed by atoms with Gasteiger partial charge in [-0.25, -0.2) is 0 Å². The van der Waals surface area contributed by atoms with E-state index in [0.717, 1.165) is 24.0 Å². The van der Waals surface area contributed by atoms with E-state index in [0.29, 0.717) is 36.1 Å². The van der Waals surface area contributed by atoms with Crippen LogP contribution < -0.4 is 20.3 Å². The number of fused-ring (bicyclic) bond motifs is 1. The molecular formula is C26H33N3O5. The Kier molecular flexibility index (Phi) is 8.51. The van der Waals surface area contributed by atoms with Gasteiger partial charge in [0.1, 0.15) is 0 Å². The Labute approximate surface area is 200 Å². The molecule has 2 aromatic carbocycles. The van der Waals surface area contributed by atoms with E-state index in [1.54, 1.807) is 23.1 Å². The maximum Gasteiger partial charge on any atom is 0.269 e. The van der Waals surface area contributed by atoms with Crippen molar-refractivity contribution in [3.63, 3.8) is 0 Å². The number of ether oxygens (including phenoxy) is 2. The van der Waals surface area contributed by atoms with E-state index in [1.165, 1.54) is 14.0 Å². The van der Waals surface area contributed by atoms with Gasteiger partial charge < -0.3 is 14.4 Å². The summed E-state index contributed by atoms with van der Waals surface area (Å²) in [5, 5.41) is 0. The summed E-state index contributed by atoms with van der Waals surface area (Å²) in [6.07, 6.45) is 1.70. The average molecular weight is 468 g/mol. The van der Waals surface area contributed by atoms with Crippen molar-refractivity contribution in [2.45, 2.75) is 46.1 Å². The summed E-state index contributed by atoms with van der Waals surface area (Å²) in [4.78, 5) is 39.1. The Morgan fingerprint density at radius 3 is 2.56 bits per heavy atom. The fourth-order valence-electron chi connectivity index (χ4n) is 4.01. The van der Waals surface area contributed by atoms with E-state index < -0.39 is 5.91 Å². The lowest BCUT2D eigenvalue weighted by molar-refractivity contribution is -0.133. The Bertz CT molecular complexity index is 1040. The van der Waals surface area contributed by atoms with Crippen molar-refractivity contribution in [3.05, 3.63) is 59.2 Å². The van der Waals surface area contributed by atoms with Crippen LogP contribution in [-0.2, 0) is 16.0 Å². The van der Waals surface area contributed by atoms with Crippen LogP contribution in [0.1, 0.15) is 61.1 Å². The second kappa shape index (κ2) is 11.5. The molecule has 2 aromatic rings. The fourth-order valence-corrected chi connectivity index (χ4v) is 4.01. The lowest BCUT2D eigenvalue weighted by Crippen LogP contribution is -2.45. The zero-order valence-corrected chi connectivity index (χ0v) is 20.2. The Morgan fingerprint density at radius 1 is 1.09 bits per heavy atom. The van der Waals surface area contributed by atoms with Gasteiger partial charge in [-0.3, -0.25) is 25.2 Å². The van der Waals surface area contributed by atoms with Crippen molar-refractivity contribution in [1.82, 2.24) is 15.8 Å². The SMILES string of the molecule is COc1cc(C(=O)NNC(=O)CC2c3ccccc3CCN2C(C)=O)ccc1OCCC(C)C. The number of rotatable bonds is 8. The lowest BCUT2D eigenvalue weighted by Gasteiger charge is -2.36. The van der Waals surface area contributed by atoms with E-state index in [9.17, 15) is 14.4 Å². The third-order valence-corrected chi connectivity index (χ3v) is 5.89. The van der Waals surface area contributed by atoms with Crippen molar-refractivity contribution in [3.8, 4) is 11.5 Å². The minimum absolute atomic E-state index is 0.0445. The van der Waals surface area contributed by atoms with Crippen molar-refractivity contribution >= 4 is 17.7 Å². The van der Waals surface area contributed by atoms with Crippen LogP contribution in [0.2, 0.25) is 0 Å². The first-order valence-corrected chi connectivity index (χ1v) is 11.5. The number of hydrazine groups is 1. The first-order valence-electron chi connectivity index (χ1n) is 11.5. The molecule has 8 nitrogen and oxygen atoms in total. The summed E-state index contributed by atoms with van der Waals surface area (Å²) in [6, 6.07) is 12.3. The van der Waals surface area contributed by atoms with Crippen molar-refractivity contribution in [1.29, 1.82) is 0 Å². The molecule has 0 spiro atoms. The summed E-state index contributed by atoms with van der Waals surface area (Å²) in [7, 11) is 1.51. The molecule has 0 aromatic heterocycles. The average Bonchev–Trinajstić information content (AvgIpc) is 2.82. The van der Waals surface area contributed by atoms with Gasteiger partial charge in [0.15, 0.2) is 11.5 Å². The quantitative estimate of drug-likeness (QED) is 0.580. The Balaban J connectivity index is 1.61. The molecule has 182 valence electrons. The van der Waals surface area contributed by atoms with Crippen LogP contribution in [0.25, 0.3) is 0 Å². The second-order valence-corrected chi connectivity index (χ2v) is 8.78. The predicted octanol–water partition coefficient (Wildman–Crippen LogP) is 3.42. The molecule has 1 unspecified atom stereocenters. The first-order chi connectivity index (χ1) is 16.3. The van der Waals surface area contributed by atoms with Gasteiger partial charge in [0.05, 0.1) is 26.2 Å². The third-order valence-electron chi connectivity index (χ3n) is 5.89. The van der Waals surface area contributed by atoms with Gasteiger partial charge in [-0.2, -0.15) is 0 Å². The van der Waals surface area contributed by atoms with E-state index in [-0.39, 0.29) is 24.3 Å². The van der Waals surface area contributed by atoms with Gasteiger partial charge in [0, 0.05) is 19.0 Å². The summed E-state index contributed by atoms with van der Waals surface area (Å²) < 4.78 is 11.1. The van der Waals surface area contributed by atoms with Gasteiger partial charge in [-0.05, 0) is 48.1 Å². The Morgan fingerprint density at radius 2 is 1.85 bits per heavy atom. The van der Waals surface area contributed by atoms with Gasteiger partial charge in [0.2, 0.25) is 11.8 Å². The minimum atomic E-state index is -0.479. The highest BCUT2D eigenvalue weighted by atomic mass is 16.5. The second-order valence-electron chi connectivity index (χ2n) is 8.78. The number of hydrogen-bond donors (Lipinski definition) is 2. The smallest absolute Gasteiger partial charge is 0.269 e. The van der Waals surface area contributed by atoms with E-state index in [1.807, 2.05) is 24.3 Å². The zero-order chi connectivity index (χ0) is 24.7. The molecule has 0 bridgehead atoms. The number of nitrogens with zero attached hydrogens (tertiary/aromatic N) is 1. The number of amides is 3. The number of methoxy groups -OCH3 is 1. The van der Waals surface area contributed by atoms with Crippen LogP contribution in [0.4, 0.5) is 0 Å². The van der Waals surface area contributed by atoms with Crippen molar-refractivity contribution in [2.24, 2.45) is 5.92 Å². The number of nitrogens with one attached hydrogen (secondary N) is 2. The van der Waals surface area contributed by atoms with E-state index >= 15 is 0 Å². The molecule has 0 aliphatic carbocycles. The van der Waals surface area contributed by atoms with Crippen molar-refractivity contribution in [2.75, 3.05) is 20.3 Å². The zero-order valence-electron chi connectivity index (χ0n) is 20.2. The van der Waals surface area contributed by atoms with Gasteiger partial charge in [0.25, 0.3) is 5.91 Å². The fraction of sp³-hybridized carbons (Fsp3) is 0.423.